The third-order valence-electron chi connectivity index (χ3n) is 15.8. The van der Waals surface area contributed by atoms with E-state index < -0.39 is 124 Å². The maximum atomic E-state index is 13.2. The molecule has 0 aromatic carbocycles. The standard InChI is InChI=1S/C59H111NO18/c1-3-5-7-9-11-13-14-15-16-17-18-19-20-21-22-23-24-25-26-27-29-30-32-34-36-43(64)42(60-47(65)37-35-33-31-28-12-10-8-6-4-2)41-73-57-53(71)50(68)55(45(39-62)75-57)78-59-54(72)51(69)56(46(40-63)76-59)77-58-52(70)49(67)48(66)44(38-61)74-58/h34,36,42-46,48-59,61-64,66-72H,3-33,35,37-41H2,1-2H3,(H,60,65)/b36-34+. The fourth-order valence-corrected chi connectivity index (χ4v) is 10.7. The first-order chi connectivity index (χ1) is 37.8. The van der Waals surface area contributed by atoms with Crippen LogP contribution in [-0.4, -0.2) is 193 Å². The number of hydrogen-bond donors (Lipinski definition) is 12. The Hall–Kier alpha value is -1.47. The van der Waals surface area contributed by atoms with Crippen LogP contribution in [0.25, 0.3) is 0 Å². The summed E-state index contributed by atoms with van der Waals surface area (Å²) in [5.74, 6) is -0.277. The molecule has 19 nitrogen and oxygen atoms in total. The van der Waals surface area contributed by atoms with Crippen LogP contribution >= 0.6 is 0 Å². The monoisotopic (exact) mass is 1120 g/mol. The molecule has 17 unspecified atom stereocenters. The summed E-state index contributed by atoms with van der Waals surface area (Å²) in [7, 11) is 0. The van der Waals surface area contributed by atoms with E-state index >= 15 is 0 Å². The van der Waals surface area contributed by atoms with Crippen LogP contribution in [-0.2, 0) is 33.2 Å². The number of amides is 1. The van der Waals surface area contributed by atoms with E-state index in [2.05, 4.69) is 19.2 Å². The molecule has 0 bridgehead atoms. The number of ether oxygens (including phenoxy) is 6. The van der Waals surface area contributed by atoms with E-state index in [1.54, 1.807) is 6.08 Å². The van der Waals surface area contributed by atoms with Crippen LogP contribution in [0.15, 0.2) is 12.2 Å². The Morgan fingerprint density at radius 3 is 1.21 bits per heavy atom. The van der Waals surface area contributed by atoms with Gasteiger partial charge >= 0.3 is 0 Å². The molecule has 0 saturated carbocycles. The van der Waals surface area contributed by atoms with Crippen LogP contribution in [0.1, 0.15) is 226 Å². The molecule has 0 radical (unpaired) electrons. The summed E-state index contributed by atoms with van der Waals surface area (Å²) in [4.78, 5) is 13.2. The summed E-state index contributed by atoms with van der Waals surface area (Å²) >= 11 is 0. The van der Waals surface area contributed by atoms with E-state index in [0.717, 1.165) is 44.9 Å². The van der Waals surface area contributed by atoms with Crippen molar-refractivity contribution in [2.24, 2.45) is 0 Å². The Morgan fingerprint density at radius 2 is 0.795 bits per heavy atom. The Balaban J connectivity index is 1.44. The van der Waals surface area contributed by atoms with E-state index in [-0.39, 0.29) is 18.9 Å². The van der Waals surface area contributed by atoms with Crippen molar-refractivity contribution in [2.75, 3.05) is 26.4 Å². The van der Waals surface area contributed by atoms with Crippen LogP contribution in [0.3, 0.4) is 0 Å². The van der Waals surface area contributed by atoms with Crippen LogP contribution in [0, 0.1) is 0 Å². The Labute approximate surface area is 467 Å². The third kappa shape index (κ3) is 26.8. The van der Waals surface area contributed by atoms with Gasteiger partial charge in [-0.3, -0.25) is 4.79 Å². The van der Waals surface area contributed by atoms with Gasteiger partial charge in [-0.15, -0.1) is 0 Å². The van der Waals surface area contributed by atoms with Crippen molar-refractivity contribution in [3.8, 4) is 0 Å². The lowest BCUT2D eigenvalue weighted by Gasteiger charge is -2.48. The quantitative estimate of drug-likeness (QED) is 0.0254. The molecule has 19 heteroatoms. The SMILES string of the molecule is CCCCCCCCCCCCCCCCCCCCCCCC/C=C/C(O)C(COC1OC(CO)C(OC2OC(CO)C(OC3OC(CO)C(O)C(O)C3O)C(O)C2O)C(O)C1O)NC(=O)CCCCCCCCCCC. The van der Waals surface area contributed by atoms with Crippen molar-refractivity contribution in [1.29, 1.82) is 0 Å². The summed E-state index contributed by atoms with van der Waals surface area (Å²) < 4.78 is 34.2. The highest BCUT2D eigenvalue weighted by atomic mass is 16.8. The molecule has 3 heterocycles. The number of rotatable bonds is 46. The van der Waals surface area contributed by atoms with Gasteiger partial charge in [0.15, 0.2) is 18.9 Å². The fourth-order valence-electron chi connectivity index (χ4n) is 10.7. The molecule has 0 aliphatic carbocycles. The second-order valence-corrected chi connectivity index (χ2v) is 22.5. The summed E-state index contributed by atoms with van der Waals surface area (Å²) in [5.41, 5.74) is 0. The van der Waals surface area contributed by atoms with E-state index in [9.17, 15) is 61.0 Å². The van der Waals surface area contributed by atoms with Crippen LogP contribution in [0.4, 0.5) is 0 Å². The predicted octanol–water partition coefficient (Wildman–Crippen LogP) is 5.77. The first-order valence-corrected chi connectivity index (χ1v) is 30.9. The van der Waals surface area contributed by atoms with Gasteiger partial charge in [0.05, 0.1) is 38.6 Å². The highest BCUT2D eigenvalue weighted by Gasteiger charge is 2.53. The van der Waals surface area contributed by atoms with E-state index in [4.69, 9.17) is 28.4 Å². The molecule has 3 aliphatic rings. The van der Waals surface area contributed by atoms with Gasteiger partial charge in [0, 0.05) is 6.42 Å². The number of carbonyl (C=O) groups excluding carboxylic acids is 1. The molecular formula is C59H111NO18. The van der Waals surface area contributed by atoms with E-state index in [0.29, 0.717) is 6.42 Å². The minimum Gasteiger partial charge on any atom is -0.394 e. The Morgan fingerprint density at radius 1 is 0.449 bits per heavy atom. The van der Waals surface area contributed by atoms with Crippen molar-refractivity contribution in [1.82, 2.24) is 5.32 Å². The number of nitrogens with one attached hydrogen (secondary N) is 1. The fraction of sp³-hybridized carbons (Fsp3) is 0.949. The second-order valence-electron chi connectivity index (χ2n) is 22.5. The molecule has 3 rings (SSSR count). The predicted molar refractivity (Wildman–Crippen MR) is 296 cm³/mol. The highest BCUT2D eigenvalue weighted by molar-refractivity contribution is 5.76. The molecule has 12 N–H and O–H groups in total. The summed E-state index contributed by atoms with van der Waals surface area (Å²) in [5, 5.41) is 120. The van der Waals surface area contributed by atoms with Gasteiger partial charge in [-0.2, -0.15) is 0 Å². The average Bonchev–Trinajstić information content (AvgIpc) is 3.43. The van der Waals surface area contributed by atoms with Gasteiger partial charge in [0.2, 0.25) is 5.91 Å². The van der Waals surface area contributed by atoms with Crippen molar-refractivity contribution in [3.05, 3.63) is 12.2 Å². The molecule has 0 spiro atoms. The van der Waals surface area contributed by atoms with Gasteiger partial charge in [-0.1, -0.05) is 212 Å². The normalized spacial score (nSPS) is 30.5. The minimum atomic E-state index is -1.97. The van der Waals surface area contributed by atoms with Crippen molar-refractivity contribution in [2.45, 2.75) is 330 Å². The third-order valence-corrected chi connectivity index (χ3v) is 15.8. The zero-order valence-corrected chi connectivity index (χ0v) is 47.9. The number of carbonyl (C=O) groups is 1. The highest BCUT2D eigenvalue weighted by Crippen LogP contribution is 2.33. The first kappa shape index (κ1) is 70.8. The van der Waals surface area contributed by atoms with Gasteiger partial charge in [-0.05, 0) is 19.3 Å². The maximum absolute atomic E-state index is 13.2. The maximum Gasteiger partial charge on any atom is 0.220 e. The van der Waals surface area contributed by atoms with Crippen LogP contribution in [0.2, 0.25) is 0 Å². The molecule has 1 amide bonds. The molecule has 460 valence electrons. The van der Waals surface area contributed by atoms with E-state index in [1.807, 2.05) is 6.08 Å². The summed E-state index contributed by atoms with van der Waals surface area (Å²) in [6.45, 7) is 1.70. The minimum absolute atomic E-state index is 0.247. The zero-order valence-electron chi connectivity index (χ0n) is 47.9. The van der Waals surface area contributed by atoms with Crippen molar-refractivity contribution in [3.63, 3.8) is 0 Å². The molecule has 78 heavy (non-hydrogen) atoms. The van der Waals surface area contributed by atoms with Gasteiger partial charge in [0.25, 0.3) is 0 Å². The molecule has 0 aromatic heterocycles. The zero-order chi connectivity index (χ0) is 56.9. The number of aliphatic hydroxyl groups is 11. The van der Waals surface area contributed by atoms with Crippen molar-refractivity contribution < 1.29 is 89.4 Å². The first-order valence-electron chi connectivity index (χ1n) is 30.9. The van der Waals surface area contributed by atoms with Crippen LogP contribution < -0.4 is 5.32 Å². The Bertz CT molecular complexity index is 1480. The molecule has 17 atom stereocenters. The molecule has 3 saturated heterocycles. The van der Waals surface area contributed by atoms with Gasteiger partial charge in [-0.25, -0.2) is 0 Å². The lowest BCUT2D eigenvalue weighted by atomic mass is 9.96. The largest absolute Gasteiger partial charge is 0.394 e. The molecular weight excluding hydrogens is 1010 g/mol. The van der Waals surface area contributed by atoms with Gasteiger partial charge in [0.1, 0.15) is 73.2 Å². The number of unbranched alkanes of at least 4 members (excludes halogenated alkanes) is 30. The molecule has 0 aromatic rings. The number of hydrogen-bond acceptors (Lipinski definition) is 18. The smallest absolute Gasteiger partial charge is 0.220 e. The topological polar surface area (TPSA) is 307 Å². The van der Waals surface area contributed by atoms with Gasteiger partial charge < -0.3 is 89.9 Å². The lowest BCUT2D eigenvalue weighted by Crippen LogP contribution is -2.66. The van der Waals surface area contributed by atoms with Crippen molar-refractivity contribution >= 4 is 5.91 Å². The number of aliphatic hydroxyl groups excluding tert-OH is 11. The lowest BCUT2D eigenvalue weighted by molar-refractivity contribution is -0.379. The summed E-state index contributed by atoms with van der Waals surface area (Å²) in [6, 6.07) is -0.966. The number of allylic oxidation sites excluding steroid dienone is 1. The molecule has 3 aliphatic heterocycles. The summed E-state index contributed by atoms with van der Waals surface area (Å²) in [6.07, 6.45) is 16.5. The van der Waals surface area contributed by atoms with Crippen LogP contribution in [0.5, 0.6) is 0 Å². The molecule has 3 fully saturated rings. The average molecular weight is 1120 g/mol. The van der Waals surface area contributed by atoms with E-state index in [1.165, 1.54) is 154 Å². The second kappa shape index (κ2) is 43.2. The Kier molecular flexibility index (Phi) is 39.2.